The fourth-order valence-corrected chi connectivity index (χ4v) is 2.29. The molecule has 0 aliphatic heterocycles. The highest BCUT2D eigenvalue weighted by molar-refractivity contribution is 6.34. The zero-order valence-electron chi connectivity index (χ0n) is 8.59. The Morgan fingerprint density at radius 1 is 1.29 bits per heavy atom. The quantitative estimate of drug-likeness (QED) is 0.408. The lowest BCUT2D eigenvalue weighted by atomic mass is 10.1. The Morgan fingerprint density at radius 2 is 2.00 bits per heavy atom. The van der Waals surface area contributed by atoms with E-state index in [1.807, 2.05) is 18.2 Å². The summed E-state index contributed by atoms with van der Waals surface area (Å²) in [5, 5.41) is 1.26. The Hall–Kier alpha value is -0.273. The van der Waals surface area contributed by atoms with E-state index in [4.69, 9.17) is 11.6 Å². The molecule has 0 saturated heterocycles. The van der Waals surface area contributed by atoms with Crippen LogP contribution < -0.4 is 5.19 Å². The lowest BCUT2D eigenvalue weighted by Crippen LogP contribution is -2.11. The molecular weight excluding hydrogens is 208 g/mol. The molecule has 0 fully saturated rings. The van der Waals surface area contributed by atoms with Gasteiger partial charge in [-0.15, -0.1) is 11.6 Å². The summed E-state index contributed by atoms with van der Waals surface area (Å²) >= 11 is 6.32. The smallest absolute Gasteiger partial charge is 0.0716 e. The van der Waals surface area contributed by atoms with Gasteiger partial charge in [0.15, 0.2) is 0 Å². The van der Waals surface area contributed by atoms with Crippen molar-refractivity contribution in [1.29, 1.82) is 0 Å². The Kier molecular flexibility index (Phi) is 5.27. The van der Waals surface area contributed by atoms with E-state index < -0.39 is 0 Å². The number of hydrogen-bond donors (Lipinski definition) is 0. The van der Waals surface area contributed by atoms with Gasteiger partial charge < -0.3 is 0 Å². The standard InChI is InChI=1S/C12H16ClSi/c1-2-3-4-8-11(13)10-7-5-6-9-12(10)14/h5-7,9,11H,2-4,8H2,1H3. The van der Waals surface area contributed by atoms with Crippen LogP contribution in [0.1, 0.15) is 43.5 Å². The van der Waals surface area contributed by atoms with Crippen LogP contribution in [0, 0.1) is 0 Å². The average Bonchev–Trinajstić information content (AvgIpc) is 2.18. The van der Waals surface area contributed by atoms with E-state index in [0.717, 1.165) is 11.6 Å². The second-order valence-electron chi connectivity index (χ2n) is 3.55. The molecule has 1 unspecified atom stereocenters. The Labute approximate surface area is 95.1 Å². The van der Waals surface area contributed by atoms with Gasteiger partial charge in [0.1, 0.15) is 0 Å². The third kappa shape index (κ3) is 3.47. The Morgan fingerprint density at radius 3 is 2.64 bits per heavy atom. The maximum Gasteiger partial charge on any atom is 0.0716 e. The van der Waals surface area contributed by atoms with E-state index >= 15 is 0 Å². The summed E-state index contributed by atoms with van der Waals surface area (Å²) in [4.78, 5) is 0. The van der Waals surface area contributed by atoms with Gasteiger partial charge in [-0.1, -0.05) is 55.6 Å². The molecule has 0 bridgehead atoms. The van der Waals surface area contributed by atoms with Gasteiger partial charge in [-0.2, -0.15) is 0 Å². The normalized spacial score (nSPS) is 12.8. The molecule has 0 spiro atoms. The van der Waals surface area contributed by atoms with Crippen molar-refractivity contribution in [2.24, 2.45) is 0 Å². The van der Waals surface area contributed by atoms with E-state index in [1.54, 1.807) is 0 Å². The van der Waals surface area contributed by atoms with Crippen LogP contribution in [0.25, 0.3) is 0 Å². The summed E-state index contributed by atoms with van der Waals surface area (Å²) in [5.74, 6) is 0. The van der Waals surface area contributed by atoms with Gasteiger partial charge in [-0.3, -0.25) is 0 Å². The molecule has 1 rings (SSSR count). The van der Waals surface area contributed by atoms with Crippen molar-refractivity contribution in [2.75, 3.05) is 0 Å². The van der Waals surface area contributed by atoms with Gasteiger partial charge in [0, 0.05) is 0 Å². The van der Waals surface area contributed by atoms with Crippen LogP contribution in [0.3, 0.4) is 0 Å². The number of unbranched alkanes of at least 4 members (excludes halogenated alkanes) is 2. The molecule has 0 amide bonds. The lowest BCUT2D eigenvalue weighted by molar-refractivity contribution is 0.656. The third-order valence-electron chi connectivity index (χ3n) is 2.36. The minimum absolute atomic E-state index is 0.148. The van der Waals surface area contributed by atoms with E-state index in [-0.39, 0.29) is 5.38 Å². The fraction of sp³-hybridized carbons (Fsp3) is 0.500. The largest absolute Gasteiger partial charge is 0.118 e. The van der Waals surface area contributed by atoms with Gasteiger partial charge in [-0.25, -0.2) is 0 Å². The predicted molar refractivity (Wildman–Crippen MR) is 64.6 cm³/mol. The maximum absolute atomic E-state index is 6.32. The molecule has 0 heterocycles. The van der Waals surface area contributed by atoms with E-state index in [1.165, 1.54) is 24.8 Å². The molecule has 2 heteroatoms. The molecule has 75 valence electrons. The van der Waals surface area contributed by atoms with Crippen molar-refractivity contribution in [3.63, 3.8) is 0 Å². The van der Waals surface area contributed by atoms with Crippen molar-refractivity contribution in [3.05, 3.63) is 29.8 Å². The molecule has 0 saturated carbocycles. The Balaban J connectivity index is 2.51. The third-order valence-corrected chi connectivity index (χ3v) is 3.27. The van der Waals surface area contributed by atoms with Gasteiger partial charge in [0.25, 0.3) is 0 Å². The fourth-order valence-electron chi connectivity index (χ4n) is 1.50. The zero-order valence-corrected chi connectivity index (χ0v) is 10.3. The number of halogens is 1. The number of alkyl halides is 1. The molecule has 1 atom stereocenters. The van der Waals surface area contributed by atoms with E-state index in [0.29, 0.717) is 0 Å². The summed E-state index contributed by atoms with van der Waals surface area (Å²) < 4.78 is 0. The van der Waals surface area contributed by atoms with Crippen molar-refractivity contribution in [3.8, 4) is 0 Å². The van der Waals surface area contributed by atoms with Crippen molar-refractivity contribution >= 4 is 27.0 Å². The van der Waals surface area contributed by atoms with E-state index in [9.17, 15) is 0 Å². The van der Waals surface area contributed by atoms with Crippen molar-refractivity contribution < 1.29 is 0 Å². The van der Waals surface area contributed by atoms with Crippen LogP contribution in [0.15, 0.2) is 24.3 Å². The molecule has 1 aromatic carbocycles. The summed E-state index contributed by atoms with van der Waals surface area (Å²) in [6, 6.07) is 8.18. The average molecular weight is 224 g/mol. The van der Waals surface area contributed by atoms with Gasteiger partial charge >= 0.3 is 0 Å². The van der Waals surface area contributed by atoms with Gasteiger partial charge in [0.2, 0.25) is 0 Å². The first-order valence-corrected chi connectivity index (χ1v) is 6.14. The maximum atomic E-state index is 6.32. The van der Waals surface area contributed by atoms with Crippen molar-refractivity contribution in [2.45, 2.75) is 38.0 Å². The first kappa shape index (κ1) is 11.8. The highest BCUT2D eigenvalue weighted by atomic mass is 35.5. The van der Waals surface area contributed by atoms with Gasteiger partial charge in [0.05, 0.1) is 15.6 Å². The molecule has 0 aliphatic rings. The highest BCUT2D eigenvalue weighted by Gasteiger charge is 2.08. The van der Waals surface area contributed by atoms with Crippen LogP contribution >= 0.6 is 11.6 Å². The number of rotatable bonds is 5. The minimum Gasteiger partial charge on any atom is -0.118 e. The monoisotopic (exact) mass is 223 g/mol. The first-order valence-electron chi connectivity index (χ1n) is 5.20. The highest BCUT2D eigenvalue weighted by Crippen LogP contribution is 2.24. The Bertz CT molecular complexity index is 273. The molecular formula is C12H16ClSi. The summed E-state index contributed by atoms with van der Waals surface area (Å²) in [6.07, 6.45) is 4.80. The summed E-state index contributed by atoms with van der Waals surface area (Å²) in [7, 11) is 3.57. The number of benzene rings is 1. The first-order chi connectivity index (χ1) is 6.75. The minimum atomic E-state index is 0.148. The van der Waals surface area contributed by atoms with Crippen molar-refractivity contribution in [1.82, 2.24) is 0 Å². The molecule has 1 aromatic rings. The number of hydrogen-bond acceptors (Lipinski definition) is 0. The summed E-state index contributed by atoms with van der Waals surface area (Å²) in [6.45, 7) is 2.21. The van der Waals surface area contributed by atoms with Crippen LogP contribution in [0.4, 0.5) is 0 Å². The second kappa shape index (κ2) is 6.26. The molecule has 0 aliphatic carbocycles. The van der Waals surface area contributed by atoms with Crippen LogP contribution in [0.2, 0.25) is 0 Å². The predicted octanol–water partition coefficient (Wildman–Crippen LogP) is 3.34. The molecule has 0 nitrogen and oxygen atoms in total. The van der Waals surface area contributed by atoms with Crippen LogP contribution in [0.5, 0.6) is 0 Å². The second-order valence-corrected chi connectivity index (χ2v) is 4.62. The summed E-state index contributed by atoms with van der Waals surface area (Å²) in [5.41, 5.74) is 1.21. The molecule has 14 heavy (non-hydrogen) atoms. The zero-order chi connectivity index (χ0) is 10.4. The molecule has 0 aromatic heterocycles. The van der Waals surface area contributed by atoms with Crippen LogP contribution in [-0.4, -0.2) is 10.2 Å². The lowest BCUT2D eigenvalue weighted by Gasteiger charge is -2.11. The molecule has 0 N–H and O–H groups in total. The SMILES string of the molecule is CCCCCC(Cl)c1ccccc1[Si]. The molecule has 3 radical (unpaired) electrons. The van der Waals surface area contributed by atoms with Gasteiger partial charge in [-0.05, 0) is 12.0 Å². The van der Waals surface area contributed by atoms with Crippen LogP contribution in [-0.2, 0) is 0 Å². The van der Waals surface area contributed by atoms with E-state index in [2.05, 4.69) is 23.2 Å². The topological polar surface area (TPSA) is 0 Å².